The number of H-pyrrole nitrogens is 1. The quantitative estimate of drug-likeness (QED) is 0.594. The lowest BCUT2D eigenvalue weighted by atomic mass is 10.2. The Morgan fingerprint density at radius 2 is 1.88 bits per heavy atom. The van der Waals surface area contributed by atoms with Crippen LogP contribution >= 0.6 is 11.8 Å². The third-order valence-corrected chi connectivity index (χ3v) is 4.35. The fourth-order valence-corrected chi connectivity index (χ4v) is 2.98. The number of aromatic amines is 1. The molecule has 7 heteroatoms. The summed E-state index contributed by atoms with van der Waals surface area (Å²) in [5, 5.41) is 6.25. The molecule has 0 aliphatic rings. The summed E-state index contributed by atoms with van der Waals surface area (Å²) < 4.78 is 0. The average Bonchev–Trinajstić information content (AvgIpc) is 3.04. The Hall–Kier alpha value is -2.80. The first-order chi connectivity index (χ1) is 12.2. The van der Waals surface area contributed by atoms with Gasteiger partial charge in [0.05, 0.1) is 16.8 Å². The van der Waals surface area contributed by atoms with E-state index >= 15 is 0 Å². The smallest absolute Gasteiger partial charge is 0.251 e. The number of fused-ring (bicyclic) bond motifs is 1. The molecule has 6 nitrogen and oxygen atoms in total. The maximum Gasteiger partial charge on any atom is 0.251 e. The molecule has 0 radical (unpaired) electrons. The van der Waals surface area contributed by atoms with Gasteiger partial charge in [-0.25, -0.2) is 4.98 Å². The highest BCUT2D eigenvalue weighted by Crippen LogP contribution is 2.19. The van der Waals surface area contributed by atoms with Crippen LogP contribution in [0.5, 0.6) is 0 Å². The van der Waals surface area contributed by atoms with E-state index in [9.17, 15) is 9.59 Å². The number of hydrogen-bond donors (Lipinski definition) is 3. The number of nitrogens with one attached hydrogen (secondary N) is 3. The zero-order valence-electron chi connectivity index (χ0n) is 13.7. The number of amides is 2. The number of anilines is 1. The van der Waals surface area contributed by atoms with E-state index in [0.29, 0.717) is 23.0 Å². The predicted octanol–water partition coefficient (Wildman–Crippen LogP) is 3.04. The van der Waals surface area contributed by atoms with E-state index in [1.165, 1.54) is 11.8 Å². The molecule has 25 heavy (non-hydrogen) atoms. The second-order valence-corrected chi connectivity index (χ2v) is 6.30. The summed E-state index contributed by atoms with van der Waals surface area (Å²) in [5.74, 6) is -0.00484. The molecule has 0 saturated carbocycles. The topological polar surface area (TPSA) is 86.9 Å². The number of benzene rings is 2. The lowest BCUT2D eigenvalue weighted by Crippen LogP contribution is -2.22. The van der Waals surface area contributed by atoms with E-state index < -0.39 is 0 Å². The Bertz CT molecular complexity index is 856. The number of aromatic nitrogens is 2. The van der Waals surface area contributed by atoms with E-state index in [0.717, 1.165) is 11.0 Å². The molecular weight excluding hydrogens is 336 g/mol. The minimum absolute atomic E-state index is 0.124. The minimum Gasteiger partial charge on any atom is -0.352 e. The Morgan fingerprint density at radius 1 is 1.12 bits per heavy atom. The van der Waals surface area contributed by atoms with Crippen molar-refractivity contribution in [2.45, 2.75) is 12.1 Å². The van der Waals surface area contributed by atoms with Crippen molar-refractivity contribution in [3.8, 4) is 0 Å². The van der Waals surface area contributed by atoms with Gasteiger partial charge in [-0.2, -0.15) is 0 Å². The van der Waals surface area contributed by atoms with Crippen LogP contribution in [0.4, 0.5) is 5.69 Å². The van der Waals surface area contributed by atoms with E-state index in [1.54, 1.807) is 24.3 Å². The van der Waals surface area contributed by atoms with Gasteiger partial charge < -0.3 is 15.6 Å². The minimum atomic E-state index is -0.129. The van der Waals surface area contributed by atoms with Gasteiger partial charge in [0.15, 0.2) is 5.16 Å². The van der Waals surface area contributed by atoms with Crippen molar-refractivity contribution in [2.24, 2.45) is 0 Å². The Kier molecular flexibility index (Phi) is 5.35. The molecule has 3 rings (SSSR count). The van der Waals surface area contributed by atoms with Crippen LogP contribution in [0.2, 0.25) is 0 Å². The van der Waals surface area contributed by atoms with Gasteiger partial charge in [-0.1, -0.05) is 23.9 Å². The number of hydrogen-bond acceptors (Lipinski definition) is 4. The molecule has 2 amide bonds. The number of rotatable bonds is 6. The zero-order chi connectivity index (χ0) is 17.6. The molecule has 1 aromatic heterocycles. The van der Waals surface area contributed by atoms with Crippen LogP contribution in [0, 0.1) is 0 Å². The van der Waals surface area contributed by atoms with Crippen molar-refractivity contribution in [1.82, 2.24) is 15.3 Å². The van der Waals surface area contributed by atoms with Crippen LogP contribution in [0.25, 0.3) is 11.0 Å². The molecule has 0 unspecified atom stereocenters. The largest absolute Gasteiger partial charge is 0.352 e. The van der Waals surface area contributed by atoms with Gasteiger partial charge in [0.1, 0.15) is 0 Å². The van der Waals surface area contributed by atoms with Crippen LogP contribution < -0.4 is 10.6 Å². The van der Waals surface area contributed by atoms with E-state index in [1.807, 2.05) is 31.2 Å². The van der Waals surface area contributed by atoms with Crippen LogP contribution in [0.15, 0.2) is 53.7 Å². The first-order valence-corrected chi connectivity index (χ1v) is 8.90. The normalized spacial score (nSPS) is 10.6. The van der Waals surface area contributed by atoms with Crippen molar-refractivity contribution in [1.29, 1.82) is 0 Å². The van der Waals surface area contributed by atoms with Crippen LogP contribution in [-0.4, -0.2) is 34.1 Å². The molecule has 128 valence electrons. The van der Waals surface area contributed by atoms with Gasteiger partial charge in [0, 0.05) is 17.8 Å². The molecule has 2 aromatic carbocycles. The fraction of sp³-hybridized carbons (Fsp3) is 0.167. The van der Waals surface area contributed by atoms with Crippen LogP contribution in [-0.2, 0) is 4.79 Å². The van der Waals surface area contributed by atoms with Gasteiger partial charge >= 0.3 is 0 Å². The number of nitrogens with zero attached hydrogens (tertiary/aromatic N) is 1. The summed E-state index contributed by atoms with van der Waals surface area (Å²) in [6, 6.07) is 14.5. The first kappa shape index (κ1) is 17.0. The standard InChI is InChI=1S/C18H18N4O2S/c1-2-19-17(24)12-7-9-13(10-8-12)20-16(23)11-25-18-21-14-5-3-4-6-15(14)22-18/h3-10H,2,11H2,1H3,(H,19,24)(H,20,23)(H,21,22). The van der Waals surface area contributed by atoms with Gasteiger partial charge in [0.2, 0.25) is 5.91 Å². The molecule has 0 spiro atoms. The molecule has 0 aliphatic heterocycles. The highest BCUT2D eigenvalue weighted by molar-refractivity contribution is 7.99. The predicted molar refractivity (Wildman–Crippen MR) is 99.9 cm³/mol. The summed E-state index contributed by atoms with van der Waals surface area (Å²) in [6.07, 6.45) is 0. The highest BCUT2D eigenvalue weighted by atomic mass is 32.2. The molecule has 0 saturated heterocycles. The van der Waals surface area contributed by atoms with Crippen molar-refractivity contribution in [3.63, 3.8) is 0 Å². The molecule has 0 fully saturated rings. The van der Waals surface area contributed by atoms with E-state index in [4.69, 9.17) is 0 Å². The van der Waals surface area contributed by atoms with Crippen molar-refractivity contribution in [3.05, 3.63) is 54.1 Å². The lowest BCUT2D eigenvalue weighted by Gasteiger charge is -2.06. The van der Waals surface area contributed by atoms with Gasteiger partial charge in [-0.15, -0.1) is 0 Å². The molecule has 0 atom stereocenters. The van der Waals surface area contributed by atoms with E-state index in [2.05, 4.69) is 20.6 Å². The molecule has 3 aromatic rings. The van der Waals surface area contributed by atoms with Crippen molar-refractivity contribution in [2.75, 3.05) is 17.6 Å². The number of thioether (sulfide) groups is 1. The molecule has 0 aliphatic carbocycles. The number of carbonyl (C=O) groups is 2. The third kappa shape index (κ3) is 4.39. The summed E-state index contributed by atoms with van der Waals surface area (Å²) >= 11 is 1.35. The van der Waals surface area contributed by atoms with Gasteiger partial charge in [0.25, 0.3) is 5.91 Å². The third-order valence-electron chi connectivity index (χ3n) is 3.48. The monoisotopic (exact) mass is 354 g/mol. The van der Waals surface area contributed by atoms with Crippen molar-refractivity contribution < 1.29 is 9.59 Å². The number of para-hydroxylation sites is 2. The summed E-state index contributed by atoms with van der Waals surface area (Å²) in [7, 11) is 0. The van der Waals surface area contributed by atoms with Gasteiger partial charge in [-0.3, -0.25) is 9.59 Å². The molecular formula is C18H18N4O2S. The maximum absolute atomic E-state index is 12.1. The second kappa shape index (κ2) is 7.85. The summed E-state index contributed by atoms with van der Waals surface area (Å²) in [6.45, 7) is 2.45. The lowest BCUT2D eigenvalue weighted by molar-refractivity contribution is -0.113. The van der Waals surface area contributed by atoms with E-state index in [-0.39, 0.29) is 17.6 Å². The highest BCUT2D eigenvalue weighted by Gasteiger charge is 2.08. The molecule has 1 heterocycles. The fourth-order valence-electron chi connectivity index (χ4n) is 2.30. The summed E-state index contributed by atoms with van der Waals surface area (Å²) in [5.41, 5.74) is 3.05. The number of carbonyl (C=O) groups excluding carboxylic acids is 2. The van der Waals surface area contributed by atoms with Crippen LogP contribution in [0.1, 0.15) is 17.3 Å². The van der Waals surface area contributed by atoms with Crippen molar-refractivity contribution >= 4 is 40.3 Å². The maximum atomic E-state index is 12.1. The average molecular weight is 354 g/mol. The molecule has 0 bridgehead atoms. The number of imidazole rings is 1. The zero-order valence-corrected chi connectivity index (χ0v) is 14.5. The Balaban J connectivity index is 1.54. The van der Waals surface area contributed by atoms with Gasteiger partial charge in [-0.05, 0) is 43.3 Å². The Morgan fingerprint density at radius 3 is 2.60 bits per heavy atom. The molecule has 3 N–H and O–H groups in total. The van der Waals surface area contributed by atoms with Crippen LogP contribution in [0.3, 0.4) is 0 Å². The second-order valence-electron chi connectivity index (χ2n) is 5.33. The summed E-state index contributed by atoms with van der Waals surface area (Å²) in [4.78, 5) is 31.4. The Labute approximate surface area is 149 Å². The first-order valence-electron chi connectivity index (χ1n) is 7.91. The SMILES string of the molecule is CCNC(=O)c1ccc(NC(=O)CSc2nc3ccccc3[nH]2)cc1.